The van der Waals surface area contributed by atoms with Crippen molar-refractivity contribution in [2.45, 2.75) is 12.7 Å². The maximum atomic E-state index is 13.5. The summed E-state index contributed by atoms with van der Waals surface area (Å²) in [6.45, 7) is 0.0569. The first kappa shape index (κ1) is 17.2. The Labute approximate surface area is 153 Å². The second kappa shape index (κ2) is 6.50. The number of rotatable bonds is 4. The van der Waals surface area contributed by atoms with Crippen molar-refractivity contribution < 1.29 is 22.4 Å². The molecule has 1 N–H and O–H groups in total. The van der Waals surface area contributed by atoms with Gasteiger partial charge >= 0.3 is 6.18 Å². The Morgan fingerprint density at radius 2 is 2.11 bits per heavy atom. The molecule has 0 saturated heterocycles. The summed E-state index contributed by atoms with van der Waals surface area (Å²) in [6.07, 6.45) is -3.25. The minimum atomic E-state index is -4.69. The number of carbonyl (C=O) groups is 1. The molecule has 0 aliphatic rings. The zero-order chi connectivity index (χ0) is 19.0. The van der Waals surface area contributed by atoms with Gasteiger partial charge in [0, 0.05) is 0 Å². The highest BCUT2D eigenvalue weighted by molar-refractivity contribution is 7.13. The molecule has 0 atom stereocenters. The van der Waals surface area contributed by atoms with Crippen LogP contribution in [0, 0.1) is 0 Å². The Kier molecular flexibility index (Phi) is 4.15. The lowest BCUT2D eigenvalue weighted by molar-refractivity contribution is -0.142. The van der Waals surface area contributed by atoms with E-state index in [9.17, 15) is 18.0 Å². The molecular weight excluding hydrogens is 383 g/mol. The van der Waals surface area contributed by atoms with Gasteiger partial charge in [-0.2, -0.15) is 22.7 Å². The van der Waals surface area contributed by atoms with Crippen molar-refractivity contribution >= 4 is 23.0 Å². The van der Waals surface area contributed by atoms with Crippen LogP contribution in [0.1, 0.15) is 22.1 Å². The average molecular weight is 393 g/mol. The summed E-state index contributed by atoms with van der Waals surface area (Å²) in [5.74, 6) is -0.969. The Bertz CT molecular complexity index is 1090. The molecular formula is C16H10F3N5O2S. The lowest BCUT2D eigenvalue weighted by Gasteiger charge is -2.09. The van der Waals surface area contributed by atoms with Crippen molar-refractivity contribution in [1.29, 1.82) is 0 Å². The minimum Gasteiger partial charge on any atom is -0.467 e. The number of fused-ring (bicyclic) bond motifs is 1. The Morgan fingerprint density at radius 3 is 2.78 bits per heavy atom. The van der Waals surface area contributed by atoms with Crippen molar-refractivity contribution in [2.24, 2.45) is 0 Å². The monoisotopic (exact) mass is 393 g/mol. The maximum Gasteiger partial charge on any atom is 0.433 e. The molecule has 0 aromatic carbocycles. The third-order valence-corrected chi connectivity index (χ3v) is 4.47. The molecule has 0 fully saturated rings. The van der Waals surface area contributed by atoms with E-state index >= 15 is 0 Å². The van der Waals surface area contributed by atoms with Gasteiger partial charge in [-0.15, -0.1) is 16.4 Å². The van der Waals surface area contributed by atoms with Crippen LogP contribution in [0.15, 0.2) is 46.4 Å². The van der Waals surface area contributed by atoms with Gasteiger partial charge in [-0.25, -0.2) is 4.98 Å². The molecule has 0 radical (unpaired) electrons. The van der Waals surface area contributed by atoms with Gasteiger partial charge in [-0.05, 0) is 29.6 Å². The highest BCUT2D eigenvalue weighted by atomic mass is 32.1. The SMILES string of the molecule is O=C(NCc1ccco1)c1nc2nc(-c3cccs3)cc(C(F)(F)F)n2n1. The molecule has 11 heteroatoms. The van der Waals surface area contributed by atoms with Gasteiger partial charge in [0.2, 0.25) is 5.82 Å². The van der Waals surface area contributed by atoms with E-state index in [4.69, 9.17) is 4.42 Å². The van der Waals surface area contributed by atoms with E-state index < -0.39 is 23.6 Å². The Hall–Kier alpha value is -3.21. The van der Waals surface area contributed by atoms with Crippen molar-refractivity contribution in [2.75, 3.05) is 0 Å². The van der Waals surface area contributed by atoms with E-state index in [0.717, 1.165) is 6.07 Å². The van der Waals surface area contributed by atoms with Crippen LogP contribution in [0.2, 0.25) is 0 Å². The zero-order valence-corrected chi connectivity index (χ0v) is 14.2. The topological polar surface area (TPSA) is 85.3 Å². The molecule has 0 spiro atoms. The molecule has 1 amide bonds. The predicted molar refractivity (Wildman–Crippen MR) is 89.0 cm³/mol. The van der Waals surface area contributed by atoms with Crippen LogP contribution >= 0.6 is 11.3 Å². The fourth-order valence-corrected chi connectivity index (χ4v) is 3.06. The Morgan fingerprint density at radius 1 is 1.26 bits per heavy atom. The molecule has 4 rings (SSSR count). The molecule has 7 nitrogen and oxygen atoms in total. The summed E-state index contributed by atoms with van der Waals surface area (Å²) in [6, 6.07) is 7.54. The van der Waals surface area contributed by atoms with Gasteiger partial charge in [0.1, 0.15) is 5.76 Å². The third-order valence-electron chi connectivity index (χ3n) is 3.58. The molecule has 4 aromatic rings. The number of amides is 1. The second-order valence-electron chi connectivity index (χ2n) is 5.41. The van der Waals surface area contributed by atoms with Crippen LogP contribution in [0.4, 0.5) is 13.2 Å². The highest BCUT2D eigenvalue weighted by Crippen LogP contribution is 2.32. The van der Waals surface area contributed by atoms with Gasteiger partial charge in [-0.3, -0.25) is 4.79 Å². The zero-order valence-electron chi connectivity index (χ0n) is 13.4. The standard InChI is InChI=1S/C16H10F3N5O2S/c17-16(18,19)12-7-10(11-4-2-6-27-11)21-15-22-13(23-24(12)15)14(25)20-8-9-3-1-5-26-9/h1-7H,8H2,(H,20,25). The van der Waals surface area contributed by atoms with Crippen LogP contribution in [0.5, 0.6) is 0 Å². The maximum absolute atomic E-state index is 13.5. The fraction of sp³-hybridized carbons (Fsp3) is 0.125. The summed E-state index contributed by atoms with van der Waals surface area (Å²) in [7, 11) is 0. The van der Waals surface area contributed by atoms with Gasteiger partial charge in [0.05, 0.1) is 23.4 Å². The molecule has 4 aromatic heterocycles. The number of thiophene rings is 1. The number of halogens is 3. The van der Waals surface area contributed by atoms with Gasteiger partial charge in [0.15, 0.2) is 5.69 Å². The number of aromatic nitrogens is 4. The number of furan rings is 1. The quantitative estimate of drug-likeness (QED) is 0.574. The third kappa shape index (κ3) is 3.40. The number of hydrogen-bond acceptors (Lipinski definition) is 6. The van der Waals surface area contributed by atoms with E-state index in [1.54, 1.807) is 29.6 Å². The normalized spacial score (nSPS) is 11.8. The lowest BCUT2D eigenvalue weighted by Crippen LogP contribution is -2.24. The predicted octanol–water partition coefficient (Wildman–Crippen LogP) is 3.39. The van der Waals surface area contributed by atoms with Crippen LogP contribution in [-0.4, -0.2) is 25.5 Å². The van der Waals surface area contributed by atoms with E-state index in [-0.39, 0.29) is 18.0 Å². The van der Waals surface area contributed by atoms with E-state index in [1.165, 1.54) is 17.6 Å². The lowest BCUT2D eigenvalue weighted by atomic mass is 10.3. The largest absolute Gasteiger partial charge is 0.467 e. The summed E-state index contributed by atoms with van der Waals surface area (Å²) >= 11 is 1.25. The van der Waals surface area contributed by atoms with Crippen LogP contribution in [0.3, 0.4) is 0 Å². The van der Waals surface area contributed by atoms with Crippen molar-refractivity contribution in [1.82, 2.24) is 24.9 Å². The number of nitrogens with one attached hydrogen (secondary N) is 1. The number of carbonyl (C=O) groups excluding carboxylic acids is 1. The van der Waals surface area contributed by atoms with E-state index in [0.29, 0.717) is 15.2 Å². The van der Waals surface area contributed by atoms with Gasteiger partial charge < -0.3 is 9.73 Å². The Balaban J connectivity index is 1.73. The van der Waals surface area contributed by atoms with Crippen molar-refractivity contribution in [3.63, 3.8) is 0 Å². The first-order chi connectivity index (χ1) is 12.9. The molecule has 27 heavy (non-hydrogen) atoms. The van der Waals surface area contributed by atoms with Gasteiger partial charge in [0.25, 0.3) is 11.7 Å². The fourth-order valence-electron chi connectivity index (χ4n) is 2.38. The summed E-state index contributed by atoms with van der Waals surface area (Å²) < 4.78 is 46.0. The molecule has 138 valence electrons. The van der Waals surface area contributed by atoms with Gasteiger partial charge in [-0.1, -0.05) is 6.07 Å². The van der Waals surface area contributed by atoms with Crippen LogP contribution in [0.25, 0.3) is 16.3 Å². The minimum absolute atomic E-state index is 0.0569. The average Bonchev–Trinajstić information content (AvgIpc) is 3.38. The summed E-state index contributed by atoms with van der Waals surface area (Å²) in [5.41, 5.74) is -0.951. The van der Waals surface area contributed by atoms with E-state index in [1.807, 2.05) is 0 Å². The van der Waals surface area contributed by atoms with E-state index in [2.05, 4.69) is 20.4 Å². The first-order valence-corrected chi connectivity index (χ1v) is 8.49. The molecule has 0 saturated carbocycles. The van der Waals surface area contributed by atoms with Crippen LogP contribution in [-0.2, 0) is 12.7 Å². The number of hydrogen-bond donors (Lipinski definition) is 1. The van der Waals surface area contributed by atoms with Crippen molar-refractivity contribution in [3.8, 4) is 10.6 Å². The molecule has 4 heterocycles. The smallest absolute Gasteiger partial charge is 0.433 e. The summed E-state index contributed by atoms with van der Waals surface area (Å²) in [4.78, 5) is 20.7. The highest BCUT2D eigenvalue weighted by Gasteiger charge is 2.36. The summed E-state index contributed by atoms with van der Waals surface area (Å²) in [5, 5.41) is 7.90. The molecule has 0 unspecified atom stereocenters. The second-order valence-corrected chi connectivity index (χ2v) is 6.36. The molecule has 0 bridgehead atoms. The van der Waals surface area contributed by atoms with Crippen LogP contribution < -0.4 is 5.32 Å². The number of alkyl halides is 3. The van der Waals surface area contributed by atoms with Crippen molar-refractivity contribution in [3.05, 3.63) is 59.3 Å². The first-order valence-electron chi connectivity index (χ1n) is 7.61. The molecule has 0 aliphatic heterocycles. The number of nitrogens with zero attached hydrogens (tertiary/aromatic N) is 4. The molecule has 0 aliphatic carbocycles.